The molecule has 13 heteroatoms. The number of urea groups is 1. The fraction of sp³-hybridized carbons (Fsp3) is 0.743. The number of aliphatic hydroxyl groups is 1. The summed E-state index contributed by atoms with van der Waals surface area (Å²) in [7, 11) is -3.82. The number of β-amino-alcohol motifs (C(OH)–C–C–N with tert-alkyl or cyclic N) is 1. The van der Waals surface area contributed by atoms with E-state index in [1.54, 1.807) is 16.7 Å². The molecule has 1 aliphatic carbocycles. The van der Waals surface area contributed by atoms with Crippen molar-refractivity contribution in [1.82, 2.24) is 25.8 Å². The van der Waals surface area contributed by atoms with E-state index in [0.29, 0.717) is 31.5 Å². The van der Waals surface area contributed by atoms with Crippen LogP contribution in [0.1, 0.15) is 72.3 Å². The van der Waals surface area contributed by atoms with E-state index in [1.165, 1.54) is 20.3 Å². The zero-order valence-corrected chi connectivity index (χ0v) is 31.2. The number of fused-ring (bicyclic) bond motifs is 1. The topological polar surface area (TPSA) is 148 Å². The van der Waals surface area contributed by atoms with Gasteiger partial charge in [-0.15, -0.1) is 0 Å². The van der Waals surface area contributed by atoms with Crippen molar-refractivity contribution in [3.8, 4) is 0 Å². The van der Waals surface area contributed by atoms with E-state index in [0.717, 1.165) is 49.0 Å². The third kappa shape index (κ3) is 10.1. The van der Waals surface area contributed by atoms with Crippen LogP contribution in [0.25, 0.3) is 0 Å². The zero-order chi connectivity index (χ0) is 35.3. The average Bonchev–Trinajstić information content (AvgIpc) is 3.02. The highest BCUT2D eigenvalue weighted by atomic mass is 32.2. The maximum atomic E-state index is 14.2. The van der Waals surface area contributed by atoms with Crippen LogP contribution in [0, 0.1) is 11.8 Å². The van der Waals surface area contributed by atoms with Gasteiger partial charge in [0, 0.05) is 49.5 Å². The molecule has 3 aliphatic rings. The molecule has 0 radical (unpaired) electrons. The first-order valence-electron chi connectivity index (χ1n) is 17.4. The Morgan fingerprint density at radius 3 is 2.21 bits per heavy atom. The van der Waals surface area contributed by atoms with Gasteiger partial charge in [-0.3, -0.25) is 14.5 Å². The number of nitrogens with one attached hydrogen (secondary N) is 3. The van der Waals surface area contributed by atoms with E-state index < -0.39 is 56.3 Å². The predicted molar refractivity (Wildman–Crippen MR) is 192 cm³/mol. The largest absolute Gasteiger partial charge is 0.390 e. The highest BCUT2D eigenvalue weighted by Crippen LogP contribution is 2.39. The minimum atomic E-state index is -3.82. The third-order valence-electron chi connectivity index (χ3n) is 10.3. The smallest absolute Gasteiger partial charge is 0.318 e. The van der Waals surface area contributed by atoms with Gasteiger partial charge in [0.05, 0.1) is 22.9 Å². The Morgan fingerprint density at radius 1 is 0.979 bits per heavy atom. The normalized spacial score (nSPS) is 24.5. The fourth-order valence-electron chi connectivity index (χ4n) is 7.16. The summed E-state index contributed by atoms with van der Waals surface area (Å²) in [5.74, 6) is 1.68. The van der Waals surface area contributed by atoms with E-state index in [4.69, 9.17) is 0 Å². The molecule has 11 nitrogen and oxygen atoms in total. The third-order valence-corrected chi connectivity index (χ3v) is 13.4. The summed E-state index contributed by atoms with van der Waals surface area (Å²) in [5.41, 5.74) is 0.469. The number of thioether (sulfide) groups is 1. The predicted octanol–water partition coefficient (Wildman–Crippen LogP) is 2.82. The summed E-state index contributed by atoms with van der Waals surface area (Å²) in [4.78, 5) is 44.8. The Morgan fingerprint density at radius 2 is 1.60 bits per heavy atom. The number of hydrogen-bond donors (Lipinski definition) is 4. The fourth-order valence-corrected chi connectivity index (χ4v) is 8.66. The van der Waals surface area contributed by atoms with E-state index in [1.807, 2.05) is 51.1 Å². The van der Waals surface area contributed by atoms with Crippen LogP contribution in [-0.4, -0.2) is 120 Å². The first-order chi connectivity index (χ1) is 22.5. The standard InChI is InChI=1S/C35H57N5O6S2/c1-34(2,3)38-31(42)28-21-25-14-10-11-15-26(25)22-40(28)23-29(41)27(20-24-12-8-7-9-13-24)36-32(43)30(35(4,5)48(6,45)46)37-33(44)39-16-18-47-19-17-39/h7-9,12-13,25-30,41H,10-11,14-23H2,1-6H3,(H,36,43)(H,37,44)(H,38,42)/t25?,26?,27-,28-,29+,30+/m0/s1. The lowest BCUT2D eigenvalue weighted by Crippen LogP contribution is -2.65. The van der Waals surface area contributed by atoms with Gasteiger partial charge in [0.25, 0.3) is 0 Å². The molecule has 2 unspecified atom stereocenters. The minimum Gasteiger partial charge on any atom is -0.390 e. The van der Waals surface area contributed by atoms with Crippen molar-refractivity contribution in [2.75, 3.05) is 43.9 Å². The summed E-state index contributed by atoms with van der Waals surface area (Å²) in [6.07, 6.45) is 5.49. The molecule has 2 heterocycles. The van der Waals surface area contributed by atoms with E-state index in [2.05, 4.69) is 20.9 Å². The highest BCUT2D eigenvalue weighted by Gasteiger charge is 2.46. The molecule has 4 N–H and O–H groups in total. The maximum Gasteiger partial charge on any atom is 0.318 e. The van der Waals surface area contributed by atoms with Crippen LogP contribution in [0.4, 0.5) is 4.79 Å². The molecule has 270 valence electrons. The van der Waals surface area contributed by atoms with Gasteiger partial charge in [-0.05, 0) is 71.3 Å². The van der Waals surface area contributed by atoms with Crippen LogP contribution in [0.5, 0.6) is 0 Å². The first-order valence-corrected chi connectivity index (χ1v) is 20.4. The molecule has 6 atom stereocenters. The number of amides is 4. The maximum absolute atomic E-state index is 14.2. The van der Waals surface area contributed by atoms with Crippen molar-refractivity contribution >= 4 is 39.4 Å². The first kappa shape index (κ1) is 38.5. The number of likely N-dealkylation sites (tertiary alicyclic amines) is 1. The number of piperidine rings is 1. The van der Waals surface area contributed by atoms with Crippen LogP contribution in [0.2, 0.25) is 0 Å². The monoisotopic (exact) mass is 707 g/mol. The lowest BCUT2D eigenvalue weighted by molar-refractivity contribution is -0.133. The number of benzene rings is 1. The van der Waals surface area contributed by atoms with Crippen molar-refractivity contribution in [2.24, 2.45) is 11.8 Å². The molecule has 48 heavy (non-hydrogen) atoms. The van der Waals surface area contributed by atoms with Gasteiger partial charge in [-0.25, -0.2) is 13.2 Å². The molecule has 4 rings (SSSR count). The van der Waals surface area contributed by atoms with Crippen LogP contribution >= 0.6 is 11.8 Å². The second-order valence-corrected chi connectivity index (χ2v) is 19.3. The molecule has 0 aromatic heterocycles. The summed E-state index contributed by atoms with van der Waals surface area (Å²) in [6.45, 7) is 10.6. The quantitative estimate of drug-likeness (QED) is 0.275. The Kier molecular flexibility index (Phi) is 12.9. The number of sulfone groups is 1. The molecule has 4 amide bonds. The molecule has 3 fully saturated rings. The lowest BCUT2D eigenvalue weighted by atomic mass is 9.72. The molecule has 1 aromatic rings. The zero-order valence-electron chi connectivity index (χ0n) is 29.5. The van der Waals surface area contributed by atoms with E-state index in [9.17, 15) is 27.9 Å². The molecular weight excluding hydrogens is 651 g/mol. The van der Waals surface area contributed by atoms with Crippen LogP contribution < -0.4 is 16.0 Å². The summed E-state index contributed by atoms with van der Waals surface area (Å²) in [5, 5.41) is 20.8. The molecule has 2 saturated heterocycles. The van der Waals surface area contributed by atoms with Gasteiger partial charge in [0.1, 0.15) is 6.04 Å². The summed E-state index contributed by atoms with van der Waals surface area (Å²) >= 11 is 1.73. The summed E-state index contributed by atoms with van der Waals surface area (Å²) in [6, 6.07) is 6.34. The van der Waals surface area contributed by atoms with Crippen LogP contribution in [0.3, 0.4) is 0 Å². The van der Waals surface area contributed by atoms with Crippen molar-refractivity contribution in [2.45, 2.75) is 108 Å². The second kappa shape index (κ2) is 16.1. The minimum absolute atomic E-state index is 0.0591. The highest BCUT2D eigenvalue weighted by molar-refractivity contribution is 7.99. The molecule has 2 aliphatic heterocycles. The van der Waals surface area contributed by atoms with Gasteiger partial charge in [-0.2, -0.15) is 11.8 Å². The number of carbonyl (C=O) groups is 3. The number of hydrogen-bond acceptors (Lipinski definition) is 8. The van der Waals surface area contributed by atoms with Gasteiger partial charge >= 0.3 is 6.03 Å². The van der Waals surface area contributed by atoms with Crippen molar-refractivity contribution in [1.29, 1.82) is 0 Å². The van der Waals surface area contributed by atoms with Crippen LogP contribution in [0.15, 0.2) is 30.3 Å². The molecule has 0 bridgehead atoms. The molecule has 0 spiro atoms. The molecule has 1 saturated carbocycles. The number of aliphatic hydroxyl groups excluding tert-OH is 1. The van der Waals surface area contributed by atoms with Crippen molar-refractivity contribution in [3.63, 3.8) is 0 Å². The van der Waals surface area contributed by atoms with Gasteiger partial charge < -0.3 is 26.0 Å². The molecular formula is C35H57N5O6S2. The number of carbonyl (C=O) groups excluding carboxylic acids is 3. The Hall–Kier alpha value is -2.35. The van der Waals surface area contributed by atoms with E-state index >= 15 is 0 Å². The van der Waals surface area contributed by atoms with Crippen LogP contribution in [-0.2, 0) is 25.8 Å². The number of rotatable bonds is 11. The van der Waals surface area contributed by atoms with Crippen molar-refractivity contribution in [3.05, 3.63) is 35.9 Å². The van der Waals surface area contributed by atoms with Gasteiger partial charge in [0.15, 0.2) is 9.84 Å². The van der Waals surface area contributed by atoms with Crippen molar-refractivity contribution < 1.29 is 27.9 Å². The molecule has 1 aromatic carbocycles. The van der Waals surface area contributed by atoms with Gasteiger partial charge in [0.2, 0.25) is 11.8 Å². The summed E-state index contributed by atoms with van der Waals surface area (Å²) < 4.78 is 24.4. The Balaban J connectivity index is 1.60. The van der Waals surface area contributed by atoms with E-state index in [-0.39, 0.29) is 18.9 Å². The Labute approximate surface area is 291 Å². The average molecular weight is 708 g/mol. The van der Waals surface area contributed by atoms with Gasteiger partial charge in [-0.1, -0.05) is 49.6 Å². The lowest BCUT2D eigenvalue weighted by Gasteiger charge is -2.47. The Bertz CT molecular complexity index is 1360. The number of nitrogens with zero attached hydrogens (tertiary/aromatic N) is 2. The SMILES string of the molecule is CC(C)(C)NC(=O)[C@@H]1CC2CCCCC2CN1C[C@@H](O)[C@H](Cc1ccccc1)NC(=O)[C@@H](NC(=O)N1CCSCC1)C(C)(C)S(C)(=O)=O. The second-order valence-electron chi connectivity index (χ2n) is 15.5.